The summed E-state index contributed by atoms with van der Waals surface area (Å²) in [6.45, 7) is 7.64. The summed E-state index contributed by atoms with van der Waals surface area (Å²) in [4.78, 5) is 0. The van der Waals surface area contributed by atoms with Crippen molar-refractivity contribution in [2.24, 2.45) is 51.6 Å². The van der Waals surface area contributed by atoms with Crippen molar-refractivity contribution in [3.05, 3.63) is 0 Å². The van der Waals surface area contributed by atoms with Gasteiger partial charge in [0.2, 0.25) is 0 Å². The summed E-state index contributed by atoms with van der Waals surface area (Å²) >= 11 is 0. The van der Waals surface area contributed by atoms with Crippen LogP contribution in [0.15, 0.2) is 0 Å². The molecule has 106 valence electrons. The van der Waals surface area contributed by atoms with E-state index in [1.165, 1.54) is 19.3 Å². The Bertz CT molecular complexity index is 427. The fourth-order valence-corrected chi connectivity index (χ4v) is 8.57. The third kappa shape index (κ3) is 1.02. The Balaban J connectivity index is 1.71. The van der Waals surface area contributed by atoms with Crippen molar-refractivity contribution >= 4 is 0 Å². The molecule has 0 amide bonds. The van der Waals surface area contributed by atoms with Gasteiger partial charge >= 0.3 is 0 Å². The molecule has 1 nitrogen and oxygen atoms in total. The van der Waals surface area contributed by atoms with E-state index in [4.69, 9.17) is 5.73 Å². The van der Waals surface area contributed by atoms with Crippen molar-refractivity contribution < 1.29 is 0 Å². The van der Waals surface area contributed by atoms with Gasteiger partial charge in [-0.05, 0) is 91.3 Å². The van der Waals surface area contributed by atoms with Gasteiger partial charge in [-0.15, -0.1) is 0 Å². The first-order valence-corrected chi connectivity index (χ1v) is 8.65. The Morgan fingerprint density at radius 1 is 0.895 bits per heavy atom. The summed E-state index contributed by atoms with van der Waals surface area (Å²) in [6, 6.07) is 0.415. The summed E-state index contributed by atoms with van der Waals surface area (Å²) in [6.07, 6.45) is 9.09. The Morgan fingerprint density at radius 2 is 1.47 bits per heavy atom. The topological polar surface area (TPSA) is 26.0 Å². The van der Waals surface area contributed by atoms with E-state index < -0.39 is 0 Å². The third-order valence-electron chi connectivity index (χ3n) is 9.21. The highest BCUT2D eigenvalue weighted by atomic mass is 14.8. The maximum atomic E-state index is 6.50. The number of nitrogens with two attached hydrogens (primary N) is 1. The van der Waals surface area contributed by atoms with E-state index in [1.54, 1.807) is 19.3 Å². The van der Waals surface area contributed by atoms with Crippen molar-refractivity contribution in [1.29, 1.82) is 0 Å². The van der Waals surface area contributed by atoms with Gasteiger partial charge in [-0.3, -0.25) is 0 Å². The smallest absolute Gasteiger partial charge is 0.00674 e. The summed E-state index contributed by atoms with van der Waals surface area (Å²) in [5, 5.41) is 0. The van der Waals surface area contributed by atoms with Crippen LogP contribution in [0.5, 0.6) is 0 Å². The largest absolute Gasteiger partial charge is 0.327 e. The molecule has 0 aromatic carbocycles. The second kappa shape index (κ2) is 2.93. The van der Waals surface area contributed by atoms with Gasteiger partial charge in [0.05, 0.1) is 0 Å². The first-order chi connectivity index (χ1) is 8.89. The van der Waals surface area contributed by atoms with Crippen LogP contribution in [-0.2, 0) is 0 Å². The molecule has 0 radical (unpaired) electrons. The van der Waals surface area contributed by atoms with Crippen molar-refractivity contribution in [2.45, 2.75) is 65.3 Å². The van der Waals surface area contributed by atoms with E-state index in [9.17, 15) is 0 Å². The van der Waals surface area contributed by atoms with Crippen LogP contribution in [0.25, 0.3) is 0 Å². The minimum absolute atomic E-state index is 0.415. The molecule has 7 aliphatic rings. The van der Waals surface area contributed by atoms with Crippen LogP contribution >= 0.6 is 0 Å². The van der Waals surface area contributed by atoms with Crippen molar-refractivity contribution in [3.8, 4) is 0 Å². The summed E-state index contributed by atoms with van der Waals surface area (Å²) in [7, 11) is 0. The van der Waals surface area contributed by atoms with Gasteiger partial charge in [-0.1, -0.05) is 13.8 Å². The normalized spacial score (nSPS) is 69.8. The zero-order valence-electron chi connectivity index (χ0n) is 12.8. The van der Waals surface area contributed by atoms with Gasteiger partial charge in [0.25, 0.3) is 0 Å². The Hall–Kier alpha value is -0.0400. The molecule has 8 bridgehead atoms. The molecule has 0 heterocycles. The molecule has 1 heteroatoms. The lowest BCUT2D eigenvalue weighted by molar-refractivity contribution is -0.312. The third-order valence-corrected chi connectivity index (χ3v) is 9.21. The second-order valence-electron chi connectivity index (χ2n) is 9.72. The average molecular weight is 259 g/mol. The van der Waals surface area contributed by atoms with Crippen LogP contribution in [0.1, 0.15) is 59.3 Å². The highest BCUT2D eigenvalue weighted by Gasteiger charge is 2.75. The van der Waals surface area contributed by atoms with Gasteiger partial charge in [-0.2, -0.15) is 0 Å². The van der Waals surface area contributed by atoms with Gasteiger partial charge < -0.3 is 5.73 Å². The second-order valence-corrected chi connectivity index (χ2v) is 9.72. The van der Waals surface area contributed by atoms with E-state index in [2.05, 4.69) is 20.8 Å². The molecule has 7 aliphatic carbocycles. The van der Waals surface area contributed by atoms with Crippen LogP contribution in [0.4, 0.5) is 0 Å². The van der Waals surface area contributed by atoms with Crippen LogP contribution in [0.2, 0.25) is 0 Å². The first kappa shape index (κ1) is 11.6. The van der Waals surface area contributed by atoms with E-state index in [-0.39, 0.29) is 0 Å². The van der Waals surface area contributed by atoms with Gasteiger partial charge in [0, 0.05) is 6.04 Å². The molecule has 7 rings (SSSR count). The molecule has 19 heavy (non-hydrogen) atoms. The molecular weight excluding hydrogens is 230 g/mol. The summed E-state index contributed by atoms with van der Waals surface area (Å²) in [5.41, 5.74) is 8.38. The molecule has 0 aromatic rings. The molecule has 0 spiro atoms. The SMILES string of the molecule is CC(N)C12CC3C4CC5CC(C(C1)C3(C)C5)C4(C)C2. The van der Waals surface area contributed by atoms with Crippen molar-refractivity contribution in [3.63, 3.8) is 0 Å². The average Bonchev–Trinajstić information content (AvgIpc) is 2.34. The Labute approximate surface area is 117 Å². The monoisotopic (exact) mass is 259 g/mol. The molecular formula is C18H29N. The molecule has 5 atom stereocenters. The summed E-state index contributed by atoms with van der Waals surface area (Å²) < 4.78 is 0. The van der Waals surface area contributed by atoms with E-state index in [0.29, 0.717) is 22.3 Å². The fourth-order valence-electron chi connectivity index (χ4n) is 8.57. The van der Waals surface area contributed by atoms with Crippen molar-refractivity contribution in [1.82, 2.24) is 0 Å². The molecule has 0 aliphatic heterocycles. The van der Waals surface area contributed by atoms with E-state index >= 15 is 0 Å². The molecule has 0 saturated heterocycles. The lowest BCUT2D eigenvalue weighted by atomic mass is 9.25. The van der Waals surface area contributed by atoms with Crippen LogP contribution in [0, 0.1) is 45.8 Å². The molecule has 2 N–H and O–H groups in total. The zero-order chi connectivity index (χ0) is 13.2. The minimum Gasteiger partial charge on any atom is -0.327 e. The number of hydrogen-bond donors (Lipinski definition) is 1. The molecule has 5 unspecified atom stereocenters. The standard InChI is InChI=1S/C18H29N/c1-10(19)18-7-14-12-4-11-5-13(17(12,3)9-18)15(8-18)16(14,2)6-11/h10-15H,4-9,19H2,1-3H3. The van der Waals surface area contributed by atoms with Crippen LogP contribution in [0.3, 0.4) is 0 Å². The Kier molecular flexibility index (Phi) is 1.79. The predicted octanol–water partition coefficient (Wildman–Crippen LogP) is 3.82. The zero-order valence-corrected chi connectivity index (χ0v) is 12.8. The Morgan fingerprint density at radius 3 is 2.00 bits per heavy atom. The van der Waals surface area contributed by atoms with Crippen molar-refractivity contribution in [2.75, 3.05) is 0 Å². The quantitative estimate of drug-likeness (QED) is 0.761. The maximum absolute atomic E-state index is 6.50. The molecule has 0 aromatic heterocycles. The van der Waals surface area contributed by atoms with E-state index in [1.807, 2.05) is 0 Å². The summed E-state index contributed by atoms with van der Waals surface area (Å²) in [5.74, 6) is 5.23. The fraction of sp³-hybridized carbons (Fsp3) is 1.00. The lowest BCUT2D eigenvalue weighted by Crippen LogP contribution is -2.74. The number of rotatable bonds is 1. The van der Waals surface area contributed by atoms with Gasteiger partial charge in [-0.25, -0.2) is 0 Å². The predicted molar refractivity (Wildman–Crippen MR) is 77.4 cm³/mol. The molecule has 7 fully saturated rings. The van der Waals surface area contributed by atoms with Gasteiger partial charge in [0.1, 0.15) is 0 Å². The number of hydrogen-bond acceptors (Lipinski definition) is 1. The molecule has 7 saturated carbocycles. The lowest BCUT2D eigenvalue weighted by Gasteiger charge is -2.80. The minimum atomic E-state index is 0.415. The van der Waals surface area contributed by atoms with E-state index in [0.717, 1.165) is 29.6 Å². The van der Waals surface area contributed by atoms with Gasteiger partial charge in [0.15, 0.2) is 0 Å². The highest BCUT2D eigenvalue weighted by molar-refractivity contribution is 5.24. The van der Waals surface area contributed by atoms with Crippen LogP contribution < -0.4 is 5.73 Å². The highest BCUT2D eigenvalue weighted by Crippen LogP contribution is 2.82. The first-order valence-electron chi connectivity index (χ1n) is 8.65. The maximum Gasteiger partial charge on any atom is 0.00674 e. The van der Waals surface area contributed by atoms with Crippen LogP contribution in [-0.4, -0.2) is 6.04 Å².